The van der Waals surface area contributed by atoms with Gasteiger partial charge in [0.2, 0.25) is 5.91 Å². The molecule has 2 fully saturated rings. The van der Waals surface area contributed by atoms with E-state index in [1.165, 1.54) is 11.1 Å². The molecule has 0 radical (unpaired) electrons. The van der Waals surface area contributed by atoms with Crippen LogP contribution in [0.3, 0.4) is 0 Å². The second kappa shape index (κ2) is 7.36. The van der Waals surface area contributed by atoms with Gasteiger partial charge in [0.05, 0.1) is 25.8 Å². The van der Waals surface area contributed by atoms with Gasteiger partial charge in [-0.3, -0.25) is 19.6 Å². The quantitative estimate of drug-likeness (QED) is 0.801. The number of likely N-dealkylation sites (tertiary alicyclic amines) is 1. The minimum atomic E-state index is -3.78. The molecule has 0 unspecified atom stereocenters. The molecular formula is C15H18F2N4O4. The van der Waals surface area contributed by atoms with Gasteiger partial charge in [0, 0.05) is 31.5 Å². The van der Waals surface area contributed by atoms with Gasteiger partial charge in [-0.25, -0.2) is 0 Å². The zero-order valence-electron chi connectivity index (χ0n) is 13.4. The van der Waals surface area contributed by atoms with Gasteiger partial charge >= 0.3 is 5.92 Å². The zero-order valence-corrected chi connectivity index (χ0v) is 13.4. The first kappa shape index (κ1) is 17.6. The molecule has 0 spiro atoms. The highest BCUT2D eigenvalue weighted by atomic mass is 19.3. The molecule has 1 aromatic rings. The van der Waals surface area contributed by atoms with Crippen molar-refractivity contribution in [3.8, 4) is 0 Å². The molecule has 3 rings (SSSR count). The maximum absolute atomic E-state index is 14.1. The summed E-state index contributed by atoms with van der Waals surface area (Å²) in [7, 11) is 0. The predicted octanol–water partition coefficient (Wildman–Crippen LogP) is 0.0485. The largest absolute Gasteiger partial charge is 0.367 e. The molecule has 1 aromatic heterocycles. The van der Waals surface area contributed by atoms with Crippen LogP contribution in [-0.2, 0) is 25.0 Å². The molecule has 2 aliphatic heterocycles. The molecular weight excluding hydrogens is 338 g/mol. The molecule has 0 aliphatic carbocycles. The lowest BCUT2D eigenvalue weighted by molar-refractivity contribution is -0.148. The van der Waals surface area contributed by atoms with Gasteiger partial charge in [-0.15, -0.1) is 0 Å². The van der Waals surface area contributed by atoms with E-state index in [9.17, 15) is 18.4 Å². The lowest BCUT2D eigenvalue weighted by Crippen LogP contribution is -2.45. The van der Waals surface area contributed by atoms with Crippen molar-refractivity contribution >= 4 is 11.8 Å². The van der Waals surface area contributed by atoms with Crippen LogP contribution in [0.1, 0.15) is 18.5 Å². The monoisotopic (exact) mass is 356 g/mol. The van der Waals surface area contributed by atoms with Gasteiger partial charge in [-0.05, 0) is 6.42 Å². The van der Waals surface area contributed by atoms with Crippen LogP contribution >= 0.6 is 0 Å². The van der Waals surface area contributed by atoms with E-state index in [-0.39, 0.29) is 18.9 Å². The number of halogens is 2. The van der Waals surface area contributed by atoms with Crippen LogP contribution in [-0.4, -0.2) is 65.3 Å². The zero-order chi connectivity index (χ0) is 17.9. The number of carbonyl (C=O) groups is 2. The van der Waals surface area contributed by atoms with Crippen LogP contribution < -0.4 is 5.32 Å². The minimum absolute atomic E-state index is 0.0798. The van der Waals surface area contributed by atoms with Crippen molar-refractivity contribution in [1.82, 2.24) is 20.2 Å². The van der Waals surface area contributed by atoms with E-state index in [0.29, 0.717) is 26.2 Å². The van der Waals surface area contributed by atoms with Crippen molar-refractivity contribution < 1.29 is 27.8 Å². The third kappa shape index (κ3) is 4.07. The third-order valence-corrected chi connectivity index (χ3v) is 4.08. The number of hydrogen-bond donors (Lipinski definition) is 1. The van der Waals surface area contributed by atoms with Crippen LogP contribution in [0.5, 0.6) is 0 Å². The fourth-order valence-electron chi connectivity index (χ4n) is 2.75. The fraction of sp³-hybridized carbons (Fsp3) is 0.600. The Balaban J connectivity index is 1.52. The number of rotatable bonds is 5. The van der Waals surface area contributed by atoms with E-state index in [2.05, 4.69) is 15.3 Å². The smallest absolute Gasteiger partial charge is 0.350 e. The Bertz CT molecular complexity index is 625. The first-order valence-corrected chi connectivity index (χ1v) is 7.93. The number of nitrogens with zero attached hydrogens (tertiary/aromatic N) is 3. The SMILES string of the molecule is O=C(CC1OCCO1)N1CC[C@@H](NC(=O)C(F)(F)c2cnccn2)C1. The van der Waals surface area contributed by atoms with E-state index >= 15 is 0 Å². The van der Waals surface area contributed by atoms with Crippen molar-refractivity contribution in [2.75, 3.05) is 26.3 Å². The summed E-state index contributed by atoms with van der Waals surface area (Å²) in [6.07, 6.45) is 3.12. The molecule has 2 amide bonds. The molecule has 136 valence electrons. The van der Waals surface area contributed by atoms with Crippen LogP contribution in [0.15, 0.2) is 18.6 Å². The second-order valence-corrected chi connectivity index (χ2v) is 5.84. The molecule has 1 N–H and O–H groups in total. The Morgan fingerprint density at radius 1 is 1.32 bits per heavy atom. The summed E-state index contributed by atoms with van der Waals surface area (Å²) in [4.78, 5) is 32.6. The number of amides is 2. The molecule has 0 saturated carbocycles. The van der Waals surface area contributed by atoms with E-state index in [1.807, 2.05) is 0 Å². The van der Waals surface area contributed by atoms with E-state index < -0.39 is 29.9 Å². The van der Waals surface area contributed by atoms with Crippen molar-refractivity contribution in [3.63, 3.8) is 0 Å². The van der Waals surface area contributed by atoms with E-state index in [4.69, 9.17) is 9.47 Å². The lowest BCUT2D eigenvalue weighted by Gasteiger charge is -2.20. The van der Waals surface area contributed by atoms with Crippen LogP contribution in [0.4, 0.5) is 8.78 Å². The molecule has 1 atom stereocenters. The second-order valence-electron chi connectivity index (χ2n) is 5.84. The number of ether oxygens (including phenoxy) is 2. The third-order valence-electron chi connectivity index (χ3n) is 4.08. The highest BCUT2D eigenvalue weighted by molar-refractivity contribution is 5.84. The van der Waals surface area contributed by atoms with Gasteiger partial charge in [0.25, 0.3) is 5.91 Å². The average molecular weight is 356 g/mol. The van der Waals surface area contributed by atoms with Crippen molar-refractivity contribution in [2.24, 2.45) is 0 Å². The minimum Gasteiger partial charge on any atom is -0.350 e. The number of alkyl halides is 2. The number of hydrogen-bond acceptors (Lipinski definition) is 6. The standard InChI is InChI=1S/C15H18F2N4O4/c16-15(17,11-8-18-2-3-19-11)14(23)20-10-1-4-21(9-10)12(22)7-13-24-5-6-25-13/h2-3,8,10,13H,1,4-7,9H2,(H,20,23)/t10-/m1/s1. The summed E-state index contributed by atoms with van der Waals surface area (Å²) in [6.45, 7) is 1.46. The highest BCUT2D eigenvalue weighted by Crippen LogP contribution is 2.26. The van der Waals surface area contributed by atoms with Crippen LogP contribution in [0.2, 0.25) is 0 Å². The summed E-state index contributed by atoms with van der Waals surface area (Å²) < 4.78 is 38.6. The highest BCUT2D eigenvalue weighted by Gasteiger charge is 2.44. The van der Waals surface area contributed by atoms with Gasteiger partial charge in [-0.2, -0.15) is 8.78 Å². The maximum atomic E-state index is 14.1. The normalized spacial score (nSPS) is 21.5. The Hall–Kier alpha value is -2.20. The molecule has 2 saturated heterocycles. The van der Waals surface area contributed by atoms with Gasteiger partial charge in [-0.1, -0.05) is 0 Å². The van der Waals surface area contributed by atoms with Gasteiger partial charge in [0.1, 0.15) is 5.69 Å². The molecule has 2 aliphatic rings. The number of aromatic nitrogens is 2. The predicted molar refractivity (Wildman–Crippen MR) is 79.4 cm³/mol. The summed E-state index contributed by atoms with van der Waals surface area (Å²) >= 11 is 0. The molecule has 8 nitrogen and oxygen atoms in total. The topological polar surface area (TPSA) is 93.7 Å². The Kier molecular flexibility index (Phi) is 5.19. The molecule has 0 aromatic carbocycles. The van der Waals surface area contributed by atoms with Crippen molar-refractivity contribution in [2.45, 2.75) is 31.1 Å². The Labute approximate surface area is 142 Å². The van der Waals surface area contributed by atoms with E-state index in [0.717, 1.165) is 12.4 Å². The summed E-state index contributed by atoms with van der Waals surface area (Å²) in [6, 6.07) is -0.538. The molecule has 0 bridgehead atoms. The van der Waals surface area contributed by atoms with Gasteiger partial charge < -0.3 is 19.7 Å². The Morgan fingerprint density at radius 2 is 2.08 bits per heavy atom. The molecule has 25 heavy (non-hydrogen) atoms. The van der Waals surface area contributed by atoms with Crippen molar-refractivity contribution in [1.29, 1.82) is 0 Å². The molecule has 10 heteroatoms. The number of carbonyl (C=O) groups excluding carboxylic acids is 2. The molecule has 3 heterocycles. The van der Waals surface area contributed by atoms with Crippen molar-refractivity contribution in [3.05, 3.63) is 24.3 Å². The Morgan fingerprint density at radius 3 is 2.76 bits per heavy atom. The average Bonchev–Trinajstić information content (AvgIpc) is 3.27. The van der Waals surface area contributed by atoms with E-state index in [1.54, 1.807) is 0 Å². The first-order valence-electron chi connectivity index (χ1n) is 7.93. The maximum Gasteiger partial charge on any atom is 0.367 e. The van der Waals surface area contributed by atoms with Crippen LogP contribution in [0, 0.1) is 0 Å². The lowest BCUT2D eigenvalue weighted by atomic mass is 10.2. The fourth-order valence-corrected chi connectivity index (χ4v) is 2.75. The first-order chi connectivity index (χ1) is 12.0. The van der Waals surface area contributed by atoms with Gasteiger partial charge in [0.15, 0.2) is 6.29 Å². The summed E-state index contributed by atoms with van der Waals surface area (Å²) in [5, 5.41) is 2.28. The summed E-state index contributed by atoms with van der Waals surface area (Å²) in [5.41, 5.74) is -0.714. The summed E-state index contributed by atoms with van der Waals surface area (Å²) in [5.74, 6) is -5.42. The number of nitrogens with one attached hydrogen (secondary N) is 1. The van der Waals surface area contributed by atoms with Crippen LogP contribution in [0.25, 0.3) is 0 Å².